The second-order valence-corrected chi connectivity index (χ2v) is 9.00. The Morgan fingerprint density at radius 2 is 1.89 bits per heavy atom. The largest absolute Gasteiger partial charge is 0.435 e. The van der Waals surface area contributed by atoms with E-state index in [-0.39, 0.29) is 5.75 Å². The molecular weight excluding hydrogens is 446 g/mol. The van der Waals surface area contributed by atoms with E-state index in [1.165, 1.54) is 18.4 Å². The molecule has 0 fully saturated rings. The predicted molar refractivity (Wildman–Crippen MR) is 132 cm³/mol. The molecule has 1 aliphatic rings. The molecule has 5 nitrogen and oxygen atoms in total. The Hall–Kier alpha value is -3.61. The van der Waals surface area contributed by atoms with Crippen molar-refractivity contribution in [3.8, 4) is 16.9 Å². The van der Waals surface area contributed by atoms with Crippen LogP contribution in [0.3, 0.4) is 0 Å². The summed E-state index contributed by atoms with van der Waals surface area (Å²) in [6.07, 6.45) is 13.1. The number of alkyl halides is 2. The SMILES string of the molecule is CCC1C=C(c2ncc(-c3ccc4nc(C)c(Cc5ccccc5OC(F)F)n4c3)cn2)CCC1. The molecule has 180 valence electrons. The maximum absolute atomic E-state index is 12.9. The van der Waals surface area contributed by atoms with Gasteiger partial charge in [0.2, 0.25) is 0 Å². The third-order valence-electron chi connectivity index (χ3n) is 6.72. The Labute approximate surface area is 203 Å². The Balaban J connectivity index is 1.46. The van der Waals surface area contributed by atoms with Crippen LogP contribution in [0, 0.1) is 12.8 Å². The van der Waals surface area contributed by atoms with Gasteiger partial charge in [-0.2, -0.15) is 8.78 Å². The molecule has 0 bridgehead atoms. The molecule has 7 heteroatoms. The zero-order valence-electron chi connectivity index (χ0n) is 19.9. The van der Waals surface area contributed by atoms with E-state index in [1.54, 1.807) is 18.2 Å². The molecule has 0 radical (unpaired) electrons. The Kier molecular flexibility index (Phi) is 6.57. The van der Waals surface area contributed by atoms with Crippen molar-refractivity contribution in [2.45, 2.75) is 52.6 Å². The smallest absolute Gasteiger partial charge is 0.387 e. The molecule has 0 N–H and O–H groups in total. The average Bonchev–Trinajstić information content (AvgIpc) is 3.19. The maximum atomic E-state index is 12.9. The zero-order valence-corrected chi connectivity index (χ0v) is 19.9. The van der Waals surface area contributed by atoms with Gasteiger partial charge in [-0.1, -0.05) is 31.2 Å². The summed E-state index contributed by atoms with van der Waals surface area (Å²) in [5.41, 5.74) is 6.35. The van der Waals surface area contributed by atoms with Crippen LogP contribution in [0.25, 0.3) is 22.3 Å². The van der Waals surface area contributed by atoms with Crippen molar-refractivity contribution >= 4 is 11.2 Å². The van der Waals surface area contributed by atoms with Crippen LogP contribution in [0.15, 0.2) is 61.1 Å². The molecule has 0 amide bonds. The number of imidazole rings is 1. The molecule has 0 saturated heterocycles. The highest BCUT2D eigenvalue weighted by atomic mass is 19.3. The van der Waals surface area contributed by atoms with Crippen molar-refractivity contribution in [2.75, 3.05) is 0 Å². The van der Waals surface area contributed by atoms with Crippen LogP contribution in [-0.4, -0.2) is 26.0 Å². The van der Waals surface area contributed by atoms with E-state index in [2.05, 4.69) is 28.0 Å². The van der Waals surface area contributed by atoms with E-state index in [1.807, 2.05) is 48.1 Å². The molecule has 5 rings (SSSR count). The van der Waals surface area contributed by atoms with E-state index < -0.39 is 6.61 Å². The van der Waals surface area contributed by atoms with E-state index in [0.717, 1.165) is 46.8 Å². The Morgan fingerprint density at radius 3 is 2.66 bits per heavy atom. The van der Waals surface area contributed by atoms with Crippen LogP contribution in [0.5, 0.6) is 5.75 Å². The molecule has 0 aliphatic heterocycles. The number of halogens is 2. The topological polar surface area (TPSA) is 52.3 Å². The normalized spacial score (nSPS) is 16.0. The third kappa shape index (κ3) is 4.94. The summed E-state index contributed by atoms with van der Waals surface area (Å²) in [6.45, 7) is 1.28. The van der Waals surface area contributed by atoms with Crippen LogP contribution in [0.2, 0.25) is 0 Å². The van der Waals surface area contributed by atoms with Gasteiger partial charge in [0.05, 0.1) is 5.69 Å². The minimum atomic E-state index is -2.87. The number of aromatic nitrogens is 4. The van der Waals surface area contributed by atoms with Crippen molar-refractivity contribution in [3.63, 3.8) is 0 Å². The number of aryl methyl sites for hydroxylation is 1. The number of rotatable bonds is 7. The van der Waals surface area contributed by atoms with Crippen LogP contribution in [0.4, 0.5) is 8.78 Å². The van der Waals surface area contributed by atoms with Gasteiger partial charge in [0.1, 0.15) is 11.4 Å². The van der Waals surface area contributed by atoms with E-state index >= 15 is 0 Å². The molecule has 3 aromatic heterocycles. The van der Waals surface area contributed by atoms with Gasteiger partial charge in [0.15, 0.2) is 5.82 Å². The number of nitrogens with zero attached hydrogens (tertiary/aromatic N) is 4. The summed E-state index contributed by atoms with van der Waals surface area (Å²) >= 11 is 0. The fourth-order valence-corrected chi connectivity index (χ4v) is 4.79. The van der Waals surface area contributed by atoms with Crippen LogP contribution < -0.4 is 4.74 Å². The Bertz CT molecular complexity index is 1360. The predicted octanol–water partition coefficient (Wildman–Crippen LogP) is 6.89. The first-order chi connectivity index (χ1) is 17.0. The van der Waals surface area contributed by atoms with Crippen LogP contribution >= 0.6 is 0 Å². The van der Waals surface area contributed by atoms with E-state index in [4.69, 9.17) is 4.74 Å². The third-order valence-corrected chi connectivity index (χ3v) is 6.72. The molecule has 1 unspecified atom stereocenters. The van der Waals surface area contributed by atoms with E-state index in [0.29, 0.717) is 17.9 Å². The minimum Gasteiger partial charge on any atom is -0.435 e. The number of hydrogen-bond acceptors (Lipinski definition) is 4. The molecule has 1 aromatic carbocycles. The number of para-hydroxylation sites is 1. The van der Waals surface area contributed by atoms with Gasteiger partial charge < -0.3 is 9.14 Å². The van der Waals surface area contributed by atoms with E-state index in [9.17, 15) is 8.78 Å². The summed E-state index contributed by atoms with van der Waals surface area (Å²) in [5.74, 6) is 1.60. The lowest BCUT2D eigenvalue weighted by atomic mass is 9.88. The number of hydrogen-bond donors (Lipinski definition) is 0. The first-order valence-corrected chi connectivity index (χ1v) is 12.1. The summed E-state index contributed by atoms with van der Waals surface area (Å²) in [7, 11) is 0. The minimum absolute atomic E-state index is 0.180. The average molecular weight is 475 g/mol. The van der Waals surface area contributed by atoms with Gasteiger partial charge in [-0.25, -0.2) is 15.0 Å². The molecule has 1 atom stereocenters. The zero-order chi connectivity index (χ0) is 24.4. The van der Waals surface area contributed by atoms with Gasteiger partial charge in [-0.15, -0.1) is 0 Å². The second kappa shape index (κ2) is 9.94. The molecule has 35 heavy (non-hydrogen) atoms. The first-order valence-electron chi connectivity index (χ1n) is 12.1. The molecule has 0 saturated carbocycles. The lowest BCUT2D eigenvalue weighted by Gasteiger charge is -2.19. The summed E-state index contributed by atoms with van der Waals surface area (Å²) in [6, 6.07) is 10.8. The summed E-state index contributed by atoms with van der Waals surface area (Å²) in [4.78, 5) is 14.0. The standard InChI is InChI=1S/C28H28F2N4O/c1-3-19-7-6-9-21(13-19)27-31-15-23(16-32-27)22-11-12-26-33-18(2)24(34(26)17-22)14-20-8-4-5-10-25(20)35-28(29)30/h4-5,8,10-13,15-17,19,28H,3,6-7,9,14H2,1-2H3. The van der Waals surface area contributed by atoms with Gasteiger partial charge in [0.25, 0.3) is 0 Å². The number of benzene rings is 1. The molecule has 0 spiro atoms. The molecule has 1 aliphatic carbocycles. The van der Waals surface area contributed by atoms with Gasteiger partial charge >= 0.3 is 6.61 Å². The second-order valence-electron chi connectivity index (χ2n) is 9.00. The Morgan fingerprint density at radius 1 is 1.09 bits per heavy atom. The maximum Gasteiger partial charge on any atom is 0.387 e. The number of ether oxygens (including phenoxy) is 1. The van der Waals surface area contributed by atoms with Gasteiger partial charge in [-0.05, 0) is 62.3 Å². The lowest BCUT2D eigenvalue weighted by Crippen LogP contribution is -2.06. The van der Waals surface area contributed by atoms with Crippen molar-refractivity contribution in [1.29, 1.82) is 0 Å². The molecule has 3 heterocycles. The first kappa shape index (κ1) is 23.1. The highest BCUT2D eigenvalue weighted by Crippen LogP contribution is 2.31. The van der Waals surface area contributed by atoms with Crippen molar-refractivity contribution in [2.24, 2.45) is 5.92 Å². The summed E-state index contributed by atoms with van der Waals surface area (Å²) < 4.78 is 32.5. The van der Waals surface area contributed by atoms with Crippen LogP contribution in [-0.2, 0) is 6.42 Å². The van der Waals surface area contributed by atoms with Crippen molar-refractivity contribution < 1.29 is 13.5 Å². The quantitative estimate of drug-likeness (QED) is 0.293. The van der Waals surface area contributed by atoms with Crippen LogP contribution in [0.1, 0.15) is 55.4 Å². The van der Waals surface area contributed by atoms with Crippen molar-refractivity contribution in [1.82, 2.24) is 19.4 Å². The number of fused-ring (bicyclic) bond motifs is 1. The fraction of sp³-hybridized carbons (Fsp3) is 0.321. The monoisotopic (exact) mass is 474 g/mol. The van der Waals surface area contributed by atoms with Gasteiger partial charge in [0, 0.05) is 47.4 Å². The fourth-order valence-electron chi connectivity index (χ4n) is 4.79. The lowest BCUT2D eigenvalue weighted by molar-refractivity contribution is -0.0503. The summed E-state index contributed by atoms with van der Waals surface area (Å²) in [5, 5.41) is 0. The molecule has 4 aromatic rings. The number of pyridine rings is 1. The number of allylic oxidation sites excluding steroid dienone is 2. The highest BCUT2D eigenvalue weighted by Gasteiger charge is 2.17. The highest BCUT2D eigenvalue weighted by molar-refractivity contribution is 5.66. The molecular formula is C28H28F2N4O. The van der Waals surface area contributed by atoms with Gasteiger partial charge in [-0.3, -0.25) is 0 Å². The van der Waals surface area contributed by atoms with Crippen molar-refractivity contribution in [3.05, 3.63) is 83.8 Å².